The number of hydrogen-bond acceptors (Lipinski definition) is 3. The Labute approximate surface area is 107 Å². The van der Waals surface area contributed by atoms with E-state index in [1.165, 1.54) is 36.1 Å². The third-order valence-corrected chi connectivity index (χ3v) is 3.73. The minimum atomic E-state index is 0.718. The third-order valence-electron chi connectivity index (χ3n) is 3.73. The molecule has 1 aliphatic carbocycles. The number of anilines is 1. The molecule has 1 aromatic heterocycles. The molecule has 0 atom stereocenters. The first-order valence-electron chi connectivity index (χ1n) is 6.44. The van der Waals surface area contributed by atoms with Gasteiger partial charge in [0.2, 0.25) is 0 Å². The second-order valence-electron chi connectivity index (χ2n) is 4.91. The van der Waals surface area contributed by atoms with Crippen LogP contribution in [0.1, 0.15) is 29.2 Å². The number of hydrogen-bond donors (Lipinski definition) is 1. The van der Waals surface area contributed by atoms with Gasteiger partial charge in [0.25, 0.3) is 0 Å². The Morgan fingerprint density at radius 2 is 2.06 bits per heavy atom. The summed E-state index contributed by atoms with van der Waals surface area (Å²) in [7, 11) is 2.00. The van der Waals surface area contributed by atoms with Crippen molar-refractivity contribution in [1.82, 2.24) is 14.8 Å². The van der Waals surface area contributed by atoms with Gasteiger partial charge in [0, 0.05) is 12.7 Å². The van der Waals surface area contributed by atoms with E-state index in [4.69, 9.17) is 0 Å². The van der Waals surface area contributed by atoms with Crippen LogP contribution in [0.3, 0.4) is 0 Å². The van der Waals surface area contributed by atoms with Crippen molar-refractivity contribution in [2.24, 2.45) is 7.05 Å². The molecule has 0 aliphatic heterocycles. The molecule has 0 unspecified atom stereocenters. The fraction of sp³-hybridized carbons (Fsp3) is 0.429. The topological polar surface area (TPSA) is 42.7 Å². The van der Waals surface area contributed by atoms with Crippen LogP contribution in [-0.4, -0.2) is 14.8 Å². The molecule has 94 valence electrons. The van der Waals surface area contributed by atoms with E-state index in [1.54, 1.807) is 0 Å². The molecule has 18 heavy (non-hydrogen) atoms. The second-order valence-corrected chi connectivity index (χ2v) is 4.91. The van der Waals surface area contributed by atoms with Crippen molar-refractivity contribution in [3.05, 3.63) is 41.0 Å². The monoisotopic (exact) mass is 242 g/mol. The molecule has 1 aliphatic rings. The minimum Gasteiger partial charge on any atom is -0.378 e. The highest BCUT2D eigenvalue weighted by Gasteiger charge is 2.11. The fourth-order valence-electron chi connectivity index (χ4n) is 2.47. The summed E-state index contributed by atoms with van der Waals surface area (Å²) in [6.45, 7) is 2.68. The zero-order valence-electron chi connectivity index (χ0n) is 10.9. The van der Waals surface area contributed by atoms with Gasteiger partial charge >= 0.3 is 0 Å². The molecule has 0 amide bonds. The standard InChI is InChI=1S/C14H18N4/c1-10-16-17-14(18(10)2)9-15-13-7-6-11-4-3-5-12(11)8-13/h6-8,15H,3-5,9H2,1-2H3. The Morgan fingerprint density at radius 1 is 1.22 bits per heavy atom. The number of benzene rings is 1. The summed E-state index contributed by atoms with van der Waals surface area (Å²) >= 11 is 0. The van der Waals surface area contributed by atoms with Gasteiger partial charge in [-0.1, -0.05) is 6.07 Å². The summed E-state index contributed by atoms with van der Waals surface area (Å²) in [5.74, 6) is 1.91. The third kappa shape index (κ3) is 1.98. The maximum absolute atomic E-state index is 4.15. The van der Waals surface area contributed by atoms with Crippen molar-refractivity contribution in [2.45, 2.75) is 32.7 Å². The normalized spacial score (nSPS) is 13.7. The Morgan fingerprint density at radius 3 is 2.83 bits per heavy atom. The number of aryl methyl sites for hydroxylation is 3. The van der Waals surface area contributed by atoms with Crippen LogP contribution in [0.5, 0.6) is 0 Å². The first-order chi connectivity index (χ1) is 8.74. The first-order valence-corrected chi connectivity index (χ1v) is 6.44. The summed E-state index contributed by atoms with van der Waals surface area (Å²) < 4.78 is 2.01. The average molecular weight is 242 g/mol. The summed E-state index contributed by atoms with van der Waals surface area (Å²) in [5, 5.41) is 11.6. The average Bonchev–Trinajstić information content (AvgIpc) is 2.96. The van der Waals surface area contributed by atoms with Crippen LogP contribution in [0.15, 0.2) is 18.2 Å². The van der Waals surface area contributed by atoms with Gasteiger partial charge in [0.15, 0.2) is 5.82 Å². The van der Waals surface area contributed by atoms with Gasteiger partial charge in [-0.15, -0.1) is 10.2 Å². The van der Waals surface area contributed by atoms with Crippen LogP contribution < -0.4 is 5.32 Å². The predicted octanol–water partition coefficient (Wildman–Crippen LogP) is 2.22. The Kier molecular flexibility index (Phi) is 2.78. The lowest BCUT2D eigenvalue weighted by Crippen LogP contribution is -2.06. The van der Waals surface area contributed by atoms with Gasteiger partial charge in [-0.3, -0.25) is 0 Å². The number of nitrogens with one attached hydrogen (secondary N) is 1. The summed E-state index contributed by atoms with van der Waals surface area (Å²) in [5.41, 5.74) is 4.18. The van der Waals surface area contributed by atoms with Crippen LogP contribution in [0.25, 0.3) is 0 Å². The number of aromatic nitrogens is 3. The van der Waals surface area contributed by atoms with E-state index in [9.17, 15) is 0 Å². The number of nitrogens with zero attached hydrogens (tertiary/aromatic N) is 3. The Hall–Kier alpha value is -1.84. The summed E-state index contributed by atoms with van der Waals surface area (Å²) in [4.78, 5) is 0. The lowest BCUT2D eigenvalue weighted by Gasteiger charge is -2.08. The molecule has 4 heteroatoms. The zero-order valence-corrected chi connectivity index (χ0v) is 10.9. The molecule has 0 saturated carbocycles. The summed E-state index contributed by atoms with van der Waals surface area (Å²) in [6, 6.07) is 6.67. The van der Waals surface area contributed by atoms with Gasteiger partial charge in [-0.05, 0) is 49.4 Å². The molecule has 0 spiro atoms. The Balaban J connectivity index is 1.72. The lowest BCUT2D eigenvalue weighted by atomic mass is 10.1. The molecule has 3 rings (SSSR count). The first kappa shape index (κ1) is 11.3. The van der Waals surface area contributed by atoms with Crippen molar-refractivity contribution in [2.75, 3.05) is 5.32 Å². The molecule has 1 aromatic carbocycles. The van der Waals surface area contributed by atoms with E-state index < -0.39 is 0 Å². The maximum Gasteiger partial charge on any atom is 0.152 e. The fourth-order valence-corrected chi connectivity index (χ4v) is 2.47. The van der Waals surface area contributed by atoms with Gasteiger partial charge in [-0.25, -0.2) is 0 Å². The maximum atomic E-state index is 4.15. The molecule has 0 fully saturated rings. The van der Waals surface area contributed by atoms with E-state index >= 15 is 0 Å². The van der Waals surface area contributed by atoms with Crippen molar-refractivity contribution in [3.8, 4) is 0 Å². The SMILES string of the molecule is Cc1nnc(CNc2ccc3c(c2)CCC3)n1C. The van der Waals surface area contributed by atoms with Gasteiger partial charge < -0.3 is 9.88 Å². The van der Waals surface area contributed by atoms with E-state index in [0.29, 0.717) is 0 Å². The van der Waals surface area contributed by atoms with E-state index in [-0.39, 0.29) is 0 Å². The van der Waals surface area contributed by atoms with E-state index in [1.807, 2.05) is 18.5 Å². The van der Waals surface area contributed by atoms with Gasteiger partial charge in [0.05, 0.1) is 6.54 Å². The minimum absolute atomic E-state index is 0.718. The highest BCUT2D eigenvalue weighted by molar-refractivity contribution is 5.50. The number of rotatable bonds is 3. The largest absolute Gasteiger partial charge is 0.378 e. The zero-order chi connectivity index (χ0) is 12.5. The predicted molar refractivity (Wildman–Crippen MR) is 71.5 cm³/mol. The molecule has 1 N–H and O–H groups in total. The smallest absolute Gasteiger partial charge is 0.152 e. The van der Waals surface area contributed by atoms with Crippen molar-refractivity contribution >= 4 is 5.69 Å². The molecule has 1 heterocycles. The van der Waals surface area contributed by atoms with Crippen LogP contribution in [-0.2, 0) is 26.4 Å². The quantitative estimate of drug-likeness (QED) is 0.897. The van der Waals surface area contributed by atoms with Crippen molar-refractivity contribution in [3.63, 3.8) is 0 Å². The molecule has 0 saturated heterocycles. The van der Waals surface area contributed by atoms with Crippen LogP contribution in [0.2, 0.25) is 0 Å². The highest BCUT2D eigenvalue weighted by Crippen LogP contribution is 2.25. The van der Waals surface area contributed by atoms with Crippen LogP contribution >= 0.6 is 0 Å². The van der Waals surface area contributed by atoms with Crippen molar-refractivity contribution in [1.29, 1.82) is 0 Å². The van der Waals surface area contributed by atoms with Crippen molar-refractivity contribution < 1.29 is 0 Å². The molecule has 0 bridgehead atoms. The highest BCUT2D eigenvalue weighted by atomic mass is 15.3. The summed E-state index contributed by atoms with van der Waals surface area (Å²) in [6.07, 6.45) is 3.74. The van der Waals surface area contributed by atoms with E-state index in [0.717, 1.165) is 18.2 Å². The van der Waals surface area contributed by atoms with Gasteiger partial charge in [0.1, 0.15) is 5.82 Å². The molecule has 2 aromatic rings. The molecule has 4 nitrogen and oxygen atoms in total. The van der Waals surface area contributed by atoms with E-state index in [2.05, 4.69) is 33.7 Å². The lowest BCUT2D eigenvalue weighted by molar-refractivity contribution is 0.789. The second kappa shape index (κ2) is 4.44. The molecular formula is C14H18N4. The van der Waals surface area contributed by atoms with Gasteiger partial charge in [-0.2, -0.15) is 0 Å². The molecule has 0 radical (unpaired) electrons. The Bertz CT molecular complexity index is 571. The molecular weight excluding hydrogens is 224 g/mol. The van der Waals surface area contributed by atoms with Crippen LogP contribution in [0.4, 0.5) is 5.69 Å². The van der Waals surface area contributed by atoms with Crippen LogP contribution in [0, 0.1) is 6.92 Å². The number of fused-ring (bicyclic) bond motifs is 1.